The molecule has 0 unspecified atom stereocenters. The summed E-state index contributed by atoms with van der Waals surface area (Å²) in [6.45, 7) is 11.8. The predicted octanol–water partition coefficient (Wildman–Crippen LogP) is 4.61. The first-order chi connectivity index (χ1) is 18.0. The second kappa shape index (κ2) is 9.41. The quantitative estimate of drug-likeness (QED) is 0.413. The SMILES string of the molecule is Cc1cn2cc(NC(=O)c3ccc(N4CCN(C(=O)OC(C)(C)C)CC4)c4cc(C)[nH]c34)c(C#N)cc2n1. The molecule has 5 rings (SSSR count). The molecule has 10 heteroatoms. The molecule has 38 heavy (non-hydrogen) atoms. The number of hydrogen-bond acceptors (Lipinski definition) is 6. The van der Waals surface area contributed by atoms with Gasteiger partial charge in [-0.2, -0.15) is 5.26 Å². The molecule has 0 aliphatic carbocycles. The van der Waals surface area contributed by atoms with E-state index in [1.165, 1.54) is 0 Å². The number of aromatic nitrogens is 3. The summed E-state index contributed by atoms with van der Waals surface area (Å²) in [5.74, 6) is -0.314. The molecule has 10 nitrogen and oxygen atoms in total. The molecule has 4 heterocycles. The summed E-state index contributed by atoms with van der Waals surface area (Å²) in [4.78, 5) is 37.6. The van der Waals surface area contributed by atoms with E-state index in [4.69, 9.17) is 4.74 Å². The van der Waals surface area contributed by atoms with Crippen LogP contribution in [0.3, 0.4) is 0 Å². The number of fused-ring (bicyclic) bond motifs is 2. The highest BCUT2D eigenvalue weighted by Crippen LogP contribution is 2.32. The molecule has 1 fully saturated rings. The summed E-state index contributed by atoms with van der Waals surface area (Å²) in [6, 6.07) is 9.59. The van der Waals surface area contributed by atoms with Crippen molar-refractivity contribution in [2.45, 2.75) is 40.2 Å². The highest BCUT2D eigenvalue weighted by Gasteiger charge is 2.27. The summed E-state index contributed by atoms with van der Waals surface area (Å²) in [5, 5.41) is 13.5. The van der Waals surface area contributed by atoms with E-state index in [0.717, 1.165) is 28.0 Å². The zero-order chi connectivity index (χ0) is 27.2. The number of rotatable bonds is 3. The molecule has 0 radical (unpaired) electrons. The van der Waals surface area contributed by atoms with Crippen LogP contribution in [0.15, 0.2) is 36.7 Å². The van der Waals surface area contributed by atoms with E-state index in [1.54, 1.807) is 27.6 Å². The van der Waals surface area contributed by atoms with Crippen molar-refractivity contribution in [3.05, 3.63) is 59.2 Å². The van der Waals surface area contributed by atoms with Gasteiger partial charge in [0.1, 0.15) is 17.3 Å². The number of nitrogens with zero attached hydrogens (tertiary/aromatic N) is 5. The Morgan fingerprint density at radius 1 is 1.11 bits per heavy atom. The lowest BCUT2D eigenvalue weighted by atomic mass is 10.1. The van der Waals surface area contributed by atoms with E-state index in [2.05, 4.69) is 26.3 Å². The second-order valence-corrected chi connectivity index (χ2v) is 10.6. The van der Waals surface area contributed by atoms with Gasteiger partial charge in [0.25, 0.3) is 5.91 Å². The maximum absolute atomic E-state index is 13.4. The van der Waals surface area contributed by atoms with Gasteiger partial charge in [0.2, 0.25) is 0 Å². The number of carbonyl (C=O) groups excluding carboxylic acids is 2. The molecule has 0 saturated carbocycles. The maximum Gasteiger partial charge on any atom is 0.410 e. The fourth-order valence-electron chi connectivity index (χ4n) is 4.80. The number of aromatic amines is 1. The number of amides is 2. The summed E-state index contributed by atoms with van der Waals surface area (Å²) in [5.41, 5.74) is 4.84. The Morgan fingerprint density at radius 2 is 1.84 bits per heavy atom. The standard InChI is InChI=1S/C28H31N7O3/c1-17-12-21-23(33-8-10-34(11-9-33)27(37)38-28(3,4)5)7-6-20(25(21)31-17)26(36)32-22-16-35-15-18(2)30-24(35)13-19(22)14-29/h6-7,12-13,15-16,31H,8-11H2,1-5H3,(H,32,36). The van der Waals surface area contributed by atoms with E-state index < -0.39 is 5.60 Å². The van der Waals surface area contributed by atoms with Crippen molar-refractivity contribution >= 4 is 39.9 Å². The van der Waals surface area contributed by atoms with Crippen LogP contribution in [-0.4, -0.2) is 63.0 Å². The first kappa shape index (κ1) is 25.1. The van der Waals surface area contributed by atoms with Gasteiger partial charge >= 0.3 is 6.09 Å². The molecule has 2 amide bonds. The number of aryl methyl sites for hydroxylation is 2. The van der Waals surface area contributed by atoms with Gasteiger partial charge in [-0.25, -0.2) is 9.78 Å². The average molecular weight is 514 g/mol. The Labute approximate surface area is 220 Å². The van der Waals surface area contributed by atoms with E-state index in [0.29, 0.717) is 48.6 Å². The number of nitrogens with one attached hydrogen (secondary N) is 2. The fourth-order valence-corrected chi connectivity index (χ4v) is 4.80. The first-order valence-corrected chi connectivity index (χ1v) is 12.6. The molecule has 0 bridgehead atoms. The molecule has 1 aliphatic heterocycles. The number of carbonyl (C=O) groups is 2. The summed E-state index contributed by atoms with van der Waals surface area (Å²) >= 11 is 0. The number of hydrogen-bond donors (Lipinski definition) is 2. The summed E-state index contributed by atoms with van der Waals surface area (Å²) in [7, 11) is 0. The maximum atomic E-state index is 13.4. The van der Waals surface area contributed by atoms with Gasteiger partial charge in [-0.1, -0.05) is 0 Å². The Bertz CT molecular complexity index is 1590. The molecule has 1 aliphatic rings. The lowest BCUT2D eigenvalue weighted by Crippen LogP contribution is -2.50. The van der Waals surface area contributed by atoms with Crippen LogP contribution in [0.4, 0.5) is 16.2 Å². The zero-order valence-electron chi connectivity index (χ0n) is 22.3. The van der Waals surface area contributed by atoms with Crippen LogP contribution >= 0.6 is 0 Å². The monoisotopic (exact) mass is 513 g/mol. The summed E-state index contributed by atoms with van der Waals surface area (Å²) < 4.78 is 7.31. The Morgan fingerprint density at radius 3 is 2.53 bits per heavy atom. The number of ether oxygens (including phenoxy) is 1. The topological polar surface area (TPSA) is 119 Å². The van der Waals surface area contributed by atoms with Crippen LogP contribution in [0, 0.1) is 25.2 Å². The van der Waals surface area contributed by atoms with Gasteiger partial charge in [0.15, 0.2) is 0 Å². The van der Waals surface area contributed by atoms with Gasteiger partial charge in [-0.15, -0.1) is 0 Å². The van der Waals surface area contributed by atoms with Gasteiger partial charge in [-0.3, -0.25) is 4.79 Å². The zero-order valence-corrected chi connectivity index (χ0v) is 22.3. The third kappa shape index (κ3) is 4.87. The predicted molar refractivity (Wildman–Crippen MR) is 146 cm³/mol. The number of piperazine rings is 1. The van der Waals surface area contributed by atoms with Crippen LogP contribution < -0.4 is 10.2 Å². The lowest BCUT2D eigenvalue weighted by Gasteiger charge is -2.37. The van der Waals surface area contributed by atoms with E-state index in [1.807, 2.05) is 52.9 Å². The average Bonchev–Trinajstić information content (AvgIpc) is 3.42. The van der Waals surface area contributed by atoms with Crippen LogP contribution in [0.1, 0.15) is 48.1 Å². The minimum Gasteiger partial charge on any atom is -0.444 e. The smallest absolute Gasteiger partial charge is 0.410 e. The molecule has 196 valence electrons. The molecule has 0 atom stereocenters. The molecule has 2 N–H and O–H groups in total. The Hall–Kier alpha value is -4.52. The molecule has 3 aromatic heterocycles. The first-order valence-electron chi connectivity index (χ1n) is 12.6. The largest absolute Gasteiger partial charge is 0.444 e. The Balaban J connectivity index is 1.39. The van der Waals surface area contributed by atoms with Crippen LogP contribution in [0.2, 0.25) is 0 Å². The van der Waals surface area contributed by atoms with E-state index in [9.17, 15) is 14.9 Å². The van der Waals surface area contributed by atoms with Crippen molar-refractivity contribution in [2.24, 2.45) is 0 Å². The Kier molecular flexibility index (Phi) is 6.23. The van der Waals surface area contributed by atoms with Crippen molar-refractivity contribution in [1.82, 2.24) is 19.3 Å². The third-order valence-electron chi connectivity index (χ3n) is 6.50. The number of pyridine rings is 1. The van der Waals surface area contributed by atoms with Crippen molar-refractivity contribution in [1.29, 1.82) is 5.26 Å². The van der Waals surface area contributed by atoms with Crippen molar-refractivity contribution in [2.75, 3.05) is 36.4 Å². The molecule has 1 saturated heterocycles. The summed E-state index contributed by atoms with van der Waals surface area (Å²) in [6.07, 6.45) is 3.25. The number of anilines is 2. The van der Waals surface area contributed by atoms with Crippen LogP contribution in [0.5, 0.6) is 0 Å². The number of nitriles is 1. The minimum atomic E-state index is -0.531. The molecule has 1 aromatic carbocycles. The number of H-pyrrole nitrogens is 1. The number of imidazole rings is 1. The normalized spacial score (nSPS) is 14.1. The van der Waals surface area contributed by atoms with Crippen LogP contribution in [-0.2, 0) is 4.74 Å². The van der Waals surface area contributed by atoms with Crippen molar-refractivity contribution in [3.8, 4) is 6.07 Å². The molecular formula is C28H31N7O3. The van der Waals surface area contributed by atoms with E-state index in [-0.39, 0.29) is 12.0 Å². The molecule has 0 spiro atoms. The van der Waals surface area contributed by atoms with Gasteiger partial charge in [0, 0.05) is 61.4 Å². The van der Waals surface area contributed by atoms with Gasteiger partial charge in [0.05, 0.1) is 28.0 Å². The van der Waals surface area contributed by atoms with Gasteiger partial charge in [-0.05, 0) is 52.8 Å². The third-order valence-corrected chi connectivity index (χ3v) is 6.50. The highest BCUT2D eigenvalue weighted by molar-refractivity contribution is 6.14. The highest BCUT2D eigenvalue weighted by atomic mass is 16.6. The van der Waals surface area contributed by atoms with Crippen LogP contribution in [0.25, 0.3) is 16.6 Å². The molecular weight excluding hydrogens is 482 g/mol. The second-order valence-electron chi connectivity index (χ2n) is 10.6. The minimum absolute atomic E-state index is 0.299. The van der Waals surface area contributed by atoms with Gasteiger partial charge < -0.3 is 29.2 Å². The van der Waals surface area contributed by atoms with Crippen molar-refractivity contribution < 1.29 is 14.3 Å². The lowest BCUT2D eigenvalue weighted by molar-refractivity contribution is 0.0240. The number of benzene rings is 1. The molecule has 4 aromatic rings. The van der Waals surface area contributed by atoms with E-state index >= 15 is 0 Å². The van der Waals surface area contributed by atoms with Crippen molar-refractivity contribution in [3.63, 3.8) is 0 Å². The fraction of sp³-hybridized carbons (Fsp3) is 0.357.